The summed E-state index contributed by atoms with van der Waals surface area (Å²) in [6, 6.07) is 13.6. The third-order valence-electron chi connectivity index (χ3n) is 2.79. The van der Waals surface area contributed by atoms with Gasteiger partial charge < -0.3 is 9.73 Å². The van der Waals surface area contributed by atoms with Gasteiger partial charge in [0.25, 0.3) is 5.91 Å². The number of carbonyl (C=O) groups is 1. The van der Waals surface area contributed by atoms with Crippen LogP contribution in [0.15, 0.2) is 46.9 Å². The molecule has 2 rings (SSSR count). The smallest absolute Gasteiger partial charge is 0.286 e. The molecule has 0 aliphatic rings. The summed E-state index contributed by atoms with van der Waals surface area (Å²) in [7, 11) is 0. The van der Waals surface area contributed by atoms with Gasteiger partial charge in [-0.05, 0) is 30.5 Å². The molecule has 100 valence electrons. The predicted octanol–water partition coefficient (Wildman–Crippen LogP) is 3.38. The summed E-state index contributed by atoms with van der Waals surface area (Å²) in [5.74, 6) is 1.01. The summed E-state index contributed by atoms with van der Waals surface area (Å²) in [6.45, 7) is 0.630. The molecule has 1 amide bonds. The first-order chi connectivity index (χ1) is 9.29. The minimum atomic E-state index is -0.190. The maximum Gasteiger partial charge on any atom is 0.286 e. The Morgan fingerprint density at radius 1 is 1.16 bits per heavy atom. The normalized spacial score (nSPS) is 10.4. The fraction of sp³-hybridized carbons (Fsp3) is 0.267. The maximum absolute atomic E-state index is 11.7. The summed E-state index contributed by atoms with van der Waals surface area (Å²) in [5, 5.41) is 2.83. The lowest BCUT2D eigenvalue weighted by Crippen LogP contribution is -2.24. The topological polar surface area (TPSA) is 42.2 Å². The largest absolute Gasteiger partial charge is 0.455 e. The summed E-state index contributed by atoms with van der Waals surface area (Å²) < 4.78 is 5.27. The highest BCUT2D eigenvalue weighted by atomic mass is 35.5. The zero-order chi connectivity index (χ0) is 13.5. The van der Waals surface area contributed by atoms with Crippen LogP contribution in [0, 0.1) is 0 Å². The summed E-state index contributed by atoms with van der Waals surface area (Å²) in [4.78, 5) is 11.7. The van der Waals surface area contributed by atoms with E-state index in [2.05, 4.69) is 17.4 Å². The molecule has 1 heterocycles. The number of aryl methyl sites for hydroxylation is 1. The highest BCUT2D eigenvalue weighted by molar-refractivity contribution is 6.16. The molecule has 0 saturated heterocycles. The van der Waals surface area contributed by atoms with Gasteiger partial charge in [0.05, 0.1) is 5.88 Å². The number of halogens is 1. The SMILES string of the molecule is O=C(NCCCc1ccccc1)c1ccc(CCl)o1. The third-order valence-corrected chi connectivity index (χ3v) is 3.05. The van der Waals surface area contributed by atoms with Crippen molar-refractivity contribution in [1.82, 2.24) is 5.32 Å². The Balaban J connectivity index is 1.72. The molecule has 0 aliphatic carbocycles. The number of amides is 1. The quantitative estimate of drug-likeness (QED) is 0.650. The van der Waals surface area contributed by atoms with E-state index in [9.17, 15) is 4.79 Å². The highest BCUT2D eigenvalue weighted by Gasteiger charge is 2.09. The number of nitrogens with one attached hydrogen (secondary N) is 1. The van der Waals surface area contributed by atoms with Crippen LogP contribution in [0.4, 0.5) is 0 Å². The van der Waals surface area contributed by atoms with Crippen molar-refractivity contribution in [1.29, 1.82) is 0 Å². The number of hydrogen-bond acceptors (Lipinski definition) is 2. The van der Waals surface area contributed by atoms with Crippen molar-refractivity contribution >= 4 is 17.5 Å². The predicted molar refractivity (Wildman–Crippen MR) is 75.4 cm³/mol. The Hall–Kier alpha value is -1.74. The van der Waals surface area contributed by atoms with Crippen LogP contribution in [0.3, 0.4) is 0 Å². The van der Waals surface area contributed by atoms with Crippen LogP contribution in [0.2, 0.25) is 0 Å². The third kappa shape index (κ3) is 4.14. The van der Waals surface area contributed by atoms with Crippen molar-refractivity contribution in [2.75, 3.05) is 6.54 Å². The molecule has 0 spiro atoms. The van der Waals surface area contributed by atoms with E-state index in [1.165, 1.54) is 5.56 Å². The maximum atomic E-state index is 11.7. The fourth-order valence-electron chi connectivity index (χ4n) is 1.80. The lowest BCUT2D eigenvalue weighted by atomic mass is 10.1. The summed E-state index contributed by atoms with van der Waals surface area (Å²) in [5.41, 5.74) is 1.28. The van der Waals surface area contributed by atoms with E-state index in [0.29, 0.717) is 18.1 Å². The summed E-state index contributed by atoms with van der Waals surface area (Å²) in [6.07, 6.45) is 1.85. The number of carbonyl (C=O) groups excluding carboxylic acids is 1. The van der Waals surface area contributed by atoms with Gasteiger partial charge in [-0.1, -0.05) is 30.3 Å². The van der Waals surface area contributed by atoms with Crippen molar-refractivity contribution in [3.8, 4) is 0 Å². The number of furan rings is 1. The number of alkyl halides is 1. The van der Waals surface area contributed by atoms with Gasteiger partial charge in [0.2, 0.25) is 0 Å². The molecule has 0 saturated carbocycles. The minimum Gasteiger partial charge on any atom is -0.455 e. The zero-order valence-electron chi connectivity index (χ0n) is 10.6. The van der Waals surface area contributed by atoms with E-state index in [-0.39, 0.29) is 11.8 Å². The Morgan fingerprint density at radius 2 is 1.95 bits per heavy atom. The van der Waals surface area contributed by atoms with Gasteiger partial charge in [-0.25, -0.2) is 0 Å². The monoisotopic (exact) mass is 277 g/mol. The van der Waals surface area contributed by atoms with Crippen LogP contribution in [0.5, 0.6) is 0 Å². The van der Waals surface area contributed by atoms with Gasteiger partial charge in [-0.15, -0.1) is 11.6 Å². The van der Waals surface area contributed by atoms with Gasteiger partial charge in [-0.2, -0.15) is 0 Å². The second kappa shape index (κ2) is 7.00. The van der Waals surface area contributed by atoms with Crippen LogP contribution in [-0.2, 0) is 12.3 Å². The number of benzene rings is 1. The Bertz CT molecular complexity index is 522. The molecular formula is C15H16ClNO2. The van der Waals surface area contributed by atoms with Gasteiger partial charge in [-0.3, -0.25) is 4.79 Å². The van der Waals surface area contributed by atoms with E-state index in [4.69, 9.17) is 16.0 Å². The molecule has 3 nitrogen and oxygen atoms in total. The van der Waals surface area contributed by atoms with E-state index < -0.39 is 0 Å². The average Bonchev–Trinajstić information content (AvgIpc) is 2.93. The molecule has 0 aliphatic heterocycles. The van der Waals surface area contributed by atoms with Crippen molar-refractivity contribution in [2.24, 2.45) is 0 Å². The lowest BCUT2D eigenvalue weighted by molar-refractivity contribution is 0.0924. The molecule has 2 aromatic rings. The van der Waals surface area contributed by atoms with Crippen LogP contribution in [-0.4, -0.2) is 12.5 Å². The van der Waals surface area contributed by atoms with Crippen molar-refractivity contribution < 1.29 is 9.21 Å². The first-order valence-corrected chi connectivity index (χ1v) is 6.80. The van der Waals surface area contributed by atoms with E-state index in [1.54, 1.807) is 12.1 Å². The van der Waals surface area contributed by atoms with Crippen LogP contribution in [0.1, 0.15) is 28.3 Å². The van der Waals surface area contributed by atoms with E-state index in [0.717, 1.165) is 12.8 Å². The summed E-state index contributed by atoms with van der Waals surface area (Å²) >= 11 is 5.61. The molecule has 0 radical (unpaired) electrons. The van der Waals surface area contributed by atoms with Crippen molar-refractivity contribution in [2.45, 2.75) is 18.7 Å². The van der Waals surface area contributed by atoms with Crippen LogP contribution >= 0.6 is 11.6 Å². The van der Waals surface area contributed by atoms with E-state index in [1.807, 2.05) is 18.2 Å². The van der Waals surface area contributed by atoms with Crippen LogP contribution in [0.25, 0.3) is 0 Å². The zero-order valence-corrected chi connectivity index (χ0v) is 11.3. The van der Waals surface area contributed by atoms with Gasteiger partial charge >= 0.3 is 0 Å². The Morgan fingerprint density at radius 3 is 2.63 bits per heavy atom. The lowest BCUT2D eigenvalue weighted by Gasteiger charge is -2.03. The molecule has 0 bridgehead atoms. The molecular weight excluding hydrogens is 262 g/mol. The minimum absolute atomic E-state index is 0.190. The standard InChI is InChI=1S/C15H16ClNO2/c16-11-13-8-9-14(19-13)15(18)17-10-4-7-12-5-2-1-3-6-12/h1-3,5-6,8-9H,4,7,10-11H2,(H,17,18). The molecule has 0 unspecified atom stereocenters. The molecule has 19 heavy (non-hydrogen) atoms. The van der Waals surface area contributed by atoms with Gasteiger partial charge in [0, 0.05) is 6.54 Å². The average molecular weight is 278 g/mol. The van der Waals surface area contributed by atoms with Crippen molar-refractivity contribution in [3.63, 3.8) is 0 Å². The molecule has 1 N–H and O–H groups in total. The molecule has 1 aromatic heterocycles. The Labute approximate surface area is 117 Å². The molecule has 0 atom stereocenters. The van der Waals surface area contributed by atoms with Crippen molar-refractivity contribution in [3.05, 3.63) is 59.5 Å². The van der Waals surface area contributed by atoms with Crippen LogP contribution < -0.4 is 5.32 Å². The first kappa shape index (κ1) is 13.7. The highest BCUT2D eigenvalue weighted by Crippen LogP contribution is 2.10. The second-order valence-corrected chi connectivity index (χ2v) is 4.51. The Kier molecular flexibility index (Phi) is 5.04. The van der Waals surface area contributed by atoms with E-state index >= 15 is 0 Å². The van der Waals surface area contributed by atoms with Gasteiger partial charge in [0.1, 0.15) is 5.76 Å². The molecule has 4 heteroatoms. The second-order valence-electron chi connectivity index (χ2n) is 4.24. The number of hydrogen-bond donors (Lipinski definition) is 1. The first-order valence-electron chi connectivity index (χ1n) is 6.26. The fourth-order valence-corrected chi connectivity index (χ4v) is 1.94. The molecule has 1 aromatic carbocycles. The molecule has 0 fully saturated rings. The van der Waals surface area contributed by atoms with Gasteiger partial charge in [0.15, 0.2) is 5.76 Å². The number of rotatable bonds is 6.